The number of nitriles is 1. The monoisotopic (exact) mass is 371 g/mol. The molecule has 6 nitrogen and oxygen atoms in total. The predicted octanol–water partition coefficient (Wildman–Crippen LogP) is 2.88. The molecular weight excluding hydrogens is 350 g/mol. The van der Waals surface area contributed by atoms with Crippen molar-refractivity contribution in [2.75, 3.05) is 0 Å². The van der Waals surface area contributed by atoms with Crippen molar-refractivity contribution in [3.63, 3.8) is 0 Å². The number of nitrogens with one attached hydrogen (secondary N) is 1. The fourth-order valence-corrected chi connectivity index (χ4v) is 3.60. The van der Waals surface area contributed by atoms with Crippen molar-refractivity contribution in [1.29, 1.82) is 5.26 Å². The molecular formula is C22H21N5O. The molecule has 3 aromatic rings. The second-order valence-corrected chi connectivity index (χ2v) is 7.04. The number of fused-ring (bicyclic) bond motifs is 1. The first-order chi connectivity index (χ1) is 13.7. The molecule has 4 rings (SSSR count). The molecule has 0 fully saturated rings. The second-order valence-electron chi connectivity index (χ2n) is 7.04. The number of amides is 1. The van der Waals surface area contributed by atoms with E-state index < -0.39 is 0 Å². The molecule has 1 aromatic heterocycles. The molecule has 28 heavy (non-hydrogen) atoms. The minimum absolute atomic E-state index is 0.0736. The molecule has 1 aliphatic rings. The molecule has 0 saturated heterocycles. The lowest BCUT2D eigenvalue weighted by molar-refractivity contribution is 0.0933. The maximum Gasteiger partial charge on any atom is 0.251 e. The van der Waals surface area contributed by atoms with Gasteiger partial charge in [0.2, 0.25) is 0 Å². The molecule has 6 heteroatoms. The smallest absolute Gasteiger partial charge is 0.251 e. The van der Waals surface area contributed by atoms with Gasteiger partial charge < -0.3 is 9.88 Å². The summed E-state index contributed by atoms with van der Waals surface area (Å²) in [5.74, 6) is 1.81. The molecule has 1 atom stereocenters. The number of nitrogens with zero attached hydrogens (tertiary/aromatic N) is 4. The average molecular weight is 371 g/mol. The van der Waals surface area contributed by atoms with Crippen molar-refractivity contribution >= 4 is 5.91 Å². The zero-order chi connectivity index (χ0) is 19.3. The maximum atomic E-state index is 12.6. The normalized spacial score (nSPS) is 15.9. The standard InChI is InChI=1S/C22H21N5O/c23-15-17-7-4-8-18(13-17)22(28)24-19-9-10-20-25-26-21(27(20)12-11-19)14-16-5-2-1-3-6-16/h1-8,13,19H,9-12,14H2,(H,24,28). The van der Waals surface area contributed by atoms with Crippen LogP contribution in [0.3, 0.4) is 0 Å². The molecule has 0 aliphatic carbocycles. The van der Waals surface area contributed by atoms with Gasteiger partial charge in [-0.15, -0.1) is 10.2 Å². The summed E-state index contributed by atoms with van der Waals surface area (Å²) in [6, 6.07) is 19.2. The lowest BCUT2D eigenvalue weighted by Crippen LogP contribution is -2.35. The van der Waals surface area contributed by atoms with Gasteiger partial charge in [0.15, 0.2) is 0 Å². The van der Waals surface area contributed by atoms with Crippen LogP contribution in [-0.2, 0) is 19.4 Å². The van der Waals surface area contributed by atoms with Crippen LogP contribution >= 0.6 is 0 Å². The van der Waals surface area contributed by atoms with E-state index in [1.807, 2.05) is 18.2 Å². The van der Waals surface area contributed by atoms with Crippen molar-refractivity contribution in [1.82, 2.24) is 20.1 Å². The van der Waals surface area contributed by atoms with E-state index in [0.717, 1.165) is 43.9 Å². The van der Waals surface area contributed by atoms with Crippen molar-refractivity contribution in [2.45, 2.75) is 38.3 Å². The minimum Gasteiger partial charge on any atom is -0.349 e. The Labute approximate surface area is 163 Å². The molecule has 0 radical (unpaired) electrons. The summed E-state index contributed by atoms with van der Waals surface area (Å²) < 4.78 is 2.19. The predicted molar refractivity (Wildman–Crippen MR) is 105 cm³/mol. The van der Waals surface area contributed by atoms with E-state index in [4.69, 9.17) is 5.26 Å². The summed E-state index contributed by atoms with van der Waals surface area (Å²) >= 11 is 0. The van der Waals surface area contributed by atoms with Crippen LogP contribution in [0.5, 0.6) is 0 Å². The van der Waals surface area contributed by atoms with Crippen LogP contribution in [-0.4, -0.2) is 26.7 Å². The number of carbonyl (C=O) groups is 1. The molecule has 1 amide bonds. The van der Waals surface area contributed by atoms with Crippen LogP contribution in [0.4, 0.5) is 0 Å². The van der Waals surface area contributed by atoms with E-state index in [1.54, 1.807) is 24.3 Å². The SMILES string of the molecule is N#Cc1cccc(C(=O)NC2CCc3nnc(Cc4ccccc4)n3CC2)c1. The highest BCUT2D eigenvalue weighted by Gasteiger charge is 2.22. The van der Waals surface area contributed by atoms with Crippen molar-refractivity contribution in [3.05, 3.63) is 82.9 Å². The molecule has 2 aromatic carbocycles. The van der Waals surface area contributed by atoms with Gasteiger partial charge in [0.05, 0.1) is 11.6 Å². The molecule has 1 unspecified atom stereocenters. The number of aryl methyl sites for hydroxylation is 1. The summed E-state index contributed by atoms with van der Waals surface area (Å²) in [5.41, 5.74) is 2.22. The van der Waals surface area contributed by atoms with Crippen LogP contribution in [0.1, 0.15) is 46.0 Å². The van der Waals surface area contributed by atoms with Gasteiger partial charge in [-0.05, 0) is 36.6 Å². The summed E-state index contributed by atoms with van der Waals surface area (Å²) in [4.78, 5) is 12.6. The third-order valence-corrected chi connectivity index (χ3v) is 5.12. The summed E-state index contributed by atoms with van der Waals surface area (Å²) in [6.45, 7) is 0.785. The van der Waals surface area contributed by atoms with Crippen LogP contribution in [0.25, 0.3) is 0 Å². The molecule has 140 valence electrons. The average Bonchev–Trinajstić information content (AvgIpc) is 3.00. The largest absolute Gasteiger partial charge is 0.349 e. The number of hydrogen-bond acceptors (Lipinski definition) is 4. The second kappa shape index (κ2) is 8.05. The van der Waals surface area contributed by atoms with E-state index >= 15 is 0 Å². The number of carbonyl (C=O) groups excluding carboxylic acids is 1. The highest BCUT2D eigenvalue weighted by Crippen LogP contribution is 2.18. The quantitative estimate of drug-likeness (QED) is 0.764. The van der Waals surface area contributed by atoms with E-state index in [0.29, 0.717) is 11.1 Å². The van der Waals surface area contributed by atoms with E-state index in [2.05, 4.69) is 38.3 Å². The number of aromatic nitrogens is 3. The summed E-state index contributed by atoms with van der Waals surface area (Å²) in [5, 5.41) is 20.9. The van der Waals surface area contributed by atoms with Crippen molar-refractivity contribution < 1.29 is 4.79 Å². The molecule has 0 bridgehead atoms. The Kier molecular flexibility index (Phi) is 5.16. The zero-order valence-corrected chi connectivity index (χ0v) is 15.5. The Bertz CT molecular complexity index is 1020. The van der Waals surface area contributed by atoms with Gasteiger partial charge in [0.25, 0.3) is 5.91 Å². The number of rotatable bonds is 4. The molecule has 2 heterocycles. The van der Waals surface area contributed by atoms with Gasteiger partial charge >= 0.3 is 0 Å². The highest BCUT2D eigenvalue weighted by molar-refractivity contribution is 5.94. The van der Waals surface area contributed by atoms with Crippen LogP contribution in [0.15, 0.2) is 54.6 Å². The highest BCUT2D eigenvalue weighted by atomic mass is 16.1. The first kappa shape index (κ1) is 17.9. The van der Waals surface area contributed by atoms with Gasteiger partial charge in [-0.25, -0.2) is 0 Å². The van der Waals surface area contributed by atoms with Crippen molar-refractivity contribution in [3.8, 4) is 6.07 Å². The van der Waals surface area contributed by atoms with E-state index in [-0.39, 0.29) is 11.9 Å². The Balaban J connectivity index is 1.42. The zero-order valence-electron chi connectivity index (χ0n) is 15.5. The van der Waals surface area contributed by atoms with Crippen LogP contribution in [0.2, 0.25) is 0 Å². The fraction of sp³-hybridized carbons (Fsp3) is 0.273. The van der Waals surface area contributed by atoms with Gasteiger partial charge in [-0.2, -0.15) is 5.26 Å². The molecule has 1 aliphatic heterocycles. The molecule has 1 N–H and O–H groups in total. The number of hydrogen-bond donors (Lipinski definition) is 1. The topological polar surface area (TPSA) is 83.6 Å². The Hall–Kier alpha value is -3.46. The van der Waals surface area contributed by atoms with Gasteiger partial charge in [-0.3, -0.25) is 4.79 Å². The van der Waals surface area contributed by atoms with Gasteiger partial charge in [0, 0.05) is 31.0 Å². The van der Waals surface area contributed by atoms with Gasteiger partial charge in [-0.1, -0.05) is 36.4 Å². The first-order valence-electron chi connectivity index (χ1n) is 9.49. The molecule has 0 saturated carbocycles. The van der Waals surface area contributed by atoms with Gasteiger partial charge in [0.1, 0.15) is 11.6 Å². The Morgan fingerprint density at radius 1 is 1.14 bits per heavy atom. The Morgan fingerprint density at radius 2 is 2.00 bits per heavy atom. The Morgan fingerprint density at radius 3 is 2.82 bits per heavy atom. The minimum atomic E-state index is -0.135. The van der Waals surface area contributed by atoms with Crippen LogP contribution in [0, 0.1) is 11.3 Å². The van der Waals surface area contributed by atoms with Crippen molar-refractivity contribution in [2.24, 2.45) is 0 Å². The summed E-state index contributed by atoms with van der Waals surface area (Å²) in [7, 11) is 0. The third-order valence-electron chi connectivity index (χ3n) is 5.12. The fourth-order valence-electron chi connectivity index (χ4n) is 3.60. The lowest BCUT2D eigenvalue weighted by Gasteiger charge is -2.16. The summed E-state index contributed by atoms with van der Waals surface area (Å²) in [6.07, 6.45) is 3.19. The van der Waals surface area contributed by atoms with Crippen LogP contribution < -0.4 is 5.32 Å². The number of benzene rings is 2. The third kappa shape index (κ3) is 3.94. The first-order valence-corrected chi connectivity index (χ1v) is 9.49. The lowest BCUT2D eigenvalue weighted by atomic mass is 10.1. The maximum absolute atomic E-state index is 12.6. The van der Waals surface area contributed by atoms with E-state index in [1.165, 1.54) is 5.56 Å². The van der Waals surface area contributed by atoms with E-state index in [9.17, 15) is 4.79 Å². The molecule has 0 spiro atoms.